The van der Waals surface area contributed by atoms with E-state index >= 15 is 0 Å². The molecule has 1 aliphatic heterocycles. The largest absolute Gasteiger partial charge is 0.494 e. The molecule has 21 heavy (non-hydrogen) atoms. The molecule has 0 atom stereocenters. The maximum Gasteiger partial charge on any atom is 0.121 e. The quantitative estimate of drug-likeness (QED) is 0.830. The molecule has 120 valence electrons. The fourth-order valence-corrected chi connectivity index (χ4v) is 2.87. The lowest BCUT2D eigenvalue weighted by Crippen LogP contribution is -2.28. The van der Waals surface area contributed by atoms with Crippen LogP contribution in [0.4, 0.5) is 5.69 Å². The van der Waals surface area contributed by atoms with Crippen LogP contribution in [0, 0.1) is 5.92 Å². The summed E-state index contributed by atoms with van der Waals surface area (Å²) in [6.07, 6.45) is 3.77. The summed E-state index contributed by atoms with van der Waals surface area (Å²) in [5, 5.41) is 3.41. The third kappa shape index (κ3) is 5.76. The number of nitrogens with zero attached hydrogens (tertiary/aromatic N) is 1. The van der Waals surface area contributed by atoms with Crippen LogP contribution in [0.15, 0.2) is 24.3 Å². The van der Waals surface area contributed by atoms with Crippen molar-refractivity contribution in [3.63, 3.8) is 0 Å². The minimum Gasteiger partial charge on any atom is -0.494 e. The van der Waals surface area contributed by atoms with Crippen molar-refractivity contribution in [2.45, 2.75) is 33.1 Å². The Bertz CT molecular complexity index is 390. The van der Waals surface area contributed by atoms with E-state index in [1.54, 1.807) is 0 Å². The van der Waals surface area contributed by atoms with E-state index in [2.05, 4.69) is 48.3 Å². The van der Waals surface area contributed by atoms with E-state index in [1.165, 1.54) is 38.0 Å². The summed E-state index contributed by atoms with van der Waals surface area (Å²) in [7, 11) is 0. The summed E-state index contributed by atoms with van der Waals surface area (Å²) in [6, 6.07) is 8.48. The fraction of sp³-hybridized carbons (Fsp3) is 0.647. The van der Waals surface area contributed by atoms with E-state index in [0.717, 1.165) is 31.4 Å². The van der Waals surface area contributed by atoms with Gasteiger partial charge >= 0.3 is 0 Å². The molecule has 0 bridgehead atoms. The molecule has 1 aromatic carbocycles. The van der Waals surface area contributed by atoms with Crippen LogP contribution in [0.5, 0.6) is 5.75 Å². The molecule has 1 heterocycles. The van der Waals surface area contributed by atoms with Gasteiger partial charge in [0.1, 0.15) is 5.75 Å². The van der Waals surface area contributed by atoms with Gasteiger partial charge in [-0.15, -0.1) is 12.4 Å². The first kappa shape index (κ1) is 18.1. The minimum absolute atomic E-state index is 0. The zero-order valence-electron chi connectivity index (χ0n) is 13.3. The van der Waals surface area contributed by atoms with Crippen molar-refractivity contribution in [2.75, 3.05) is 37.7 Å². The van der Waals surface area contributed by atoms with Crippen LogP contribution < -0.4 is 15.0 Å². The molecule has 3 nitrogen and oxygen atoms in total. The number of hydrogen-bond acceptors (Lipinski definition) is 3. The Labute approximate surface area is 135 Å². The zero-order chi connectivity index (χ0) is 14.2. The van der Waals surface area contributed by atoms with Gasteiger partial charge in [-0.2, -0.15) is 0 Å². The number of nitrogens with one attached hydrogen (secondary N) is 1. The van der Waals surface area contributed by atoms with Gasteiger partial charge in [-0.1, -0.05) is 6.07 Å². The molecule has 0 unspecified atom stereocenters. The van der Waals surface area contributed by atoms with Crippen molar-refractivity contribution in [3.8, 4) is 5.75 Å². The molecule has 0 aliphatic carbocycles. The Morgan fingerprint density at radius 1 is 1.19 bits per heavy atom. The highest BCUT2D eigenvalue weighted by Gasteiger charge is 2.12. The summed E-state index contributed by atoms with van der Waals surface area (Å²) >= 11 is 0. The zero-order valence-corrected chi connectivity index (χ0v) is 14.1. The van der Waals surface area contributed by atoms with E-state index in [0.29, 0.717) is 0 Å². The molecule has 0 aromatic heterocycles. The predicted octanol–water partition coefficient (Wildman–Crippen LogP) is 3.72. The molecule has 1 aliphatic rings. The lowest BCUT2D eigenvalue weighted by Gasteiger charge is -2.23. The lowest BCUT2D eigenvalue weighted by atomic mass is 9.95. The van der Waals surface area contributed by atoms with Crippen molar-refractivity contribution in [1.29, 1.82) is 0 Å². The Balaban J connectivity index is 0.00000220. The highest BCUT2D eigenvalue weighted by atomic mass is 35.5. The van der Waals surface area contributed by atoms with Gasteiger partial charge in [0.25, 0.3) is 0 Å². The molecule has 1 fully saturated rings. The van der Waals surface area contributed by atoms with Gasteiger partial charge in [-0.05, 0) is 64.3 Å². The summed E-state index contributed by atoms with van der Waals surface area (Å²) in [5.41, 5.74) is 1.26. The third-order valence-corrected chi connectivity index (χ3v) is 4.20. The van der Waals surface area contributed by atoms with Gasteiger partial charge in [-0.25, -0.2) is 0 Å². The van der Waals surface area contributed by atoms with Crippen LogP contribution in [0.1, 0.15) is 33.1 Å². The number of rotatable bonds is 7. The molecule has 0 amide bonds. The Hall–Kier alpha value is -0.930. The van der Waals surface area contributed by atoms with Crippen molar-refractivity contribution < 1.29 is 4.74 Å². The average Bonchev–Trinajstić information content (AvgIpc) is 2.50. The van der Waals surface area contributed by atoms with Crippen LogP contribution in [0.3, 0.4) is 0 Å². The van der Waals surface area contributed by atoms with Crippen LogP contribution in [0.25, 0.3) is 0 Å². The Morgan fingerprint density at radius 3 is 2.57 bits per heavy atom. The van der Waals surface area contributed by atoms with E-state index < -0.39 is 0 Å². The molecule has 1 aromatic rings. The monoisotopic (exact) mass is 312 g/mol. The second-order valence-corrected chi connectivity index (χ2v) is 5.50. The van der Waals surface area contributed by atoms with Gasteiger partial charge in [0.2, 0.25) is 0 Å². The second kappa shape index (κ2) is 9.91. The molecular formula is C17H29ClN2O. The first-order valence-electron chi connectivity index (χ1n) is 8.02. The van der Waals surface area contributed by atoms with Gasteiger partial charge in [-0.3, -0.25) is 0 Å². The number of ether oxygens (including phenoxy) is 1. The van der Waals surface area contributed by atoms with Crippen LogP contribution in [-0.4, -0.2) is 32.8 Å². The maximum atomic E-state index is 5.94. The molecule has 4 heteroatoms. The van der Waals surface area contributed by atoms with E-state index in [4.69, 9.17) is 4.74 Å². The molecule has 0 spiro atoms. The van der Waals surface area contributed by atoms with E-state index in [1.807, 2.05) is 0 Å². The summed E-state index contributed by atoms with van der Waals surface area (Å²) < 4.78 is 5.94. The first-order valence-corrected chi connectivity index (χ1v) is 8.02. The molecular weight excluding hydrogens is 284 g/mol. The Kier molecular flexibility index (Phi) is 8.55. The fourth-order valence-electron chi connectivity index (χ4n) is 2.87. The number of hydrogen-bond donors (Lipinski definition) is 1. The average molecular weight is 313 g/mol. The SMILES string of the molecule is CCN(CC)c1cccc(OCCC2CCNCC2)c1.Cl. The van der Waals surface area contributed by atoms with E-state index in [-0.39, 0.29) is 12.4 Å². The van der Waals surface area contributed by atoms with Crippen molar-refractivity contribution in [2.24, 2.45) is 5.92 Å². The summed E-state index contributed by atoms with van der Waals surface area (Å²) in [4.78, 5) is 2.35. The minimum atomic E-state index is 0. The second-order valence-electron chi connectivity index (χ2n) is 5.50. The molecule has 2 rings (SSSR count). The van der Waals surface area contributed by atoms with Crippen molar-refractivity contribution >= 4 is 18.1 Å². The highest BCUT2D eigenvalue weighted by Crippen LogP contribution is 2.22. The van der Waals surface area contributed by atoms with Crippen LogP contribution in [-0.2, 0) is 0 Å². The molecule has 0 saturated carbocycles. The number of halogens is 1. The van der Waals surface area contributed by atoms with Gasteiger partial charge < -0.3 is 15.0 Å². The third-order valence-electron chi connectivity index (χ3n) is 4.20. The normalized spacial score (nSPS) is 15.3. The number of piperidine rings is 1. The topological polar surface area (TPSA) is 24.5 Å². The summed E-state index contributed by atoms with van der Waals surface area (Å²) in [5.74, 6) is 1.84. The van der Waals surface area contributed by atoms with Gasteiger partial charge in [0.05, 0.1) is 6.61 Å². The summed E-state index contributed by atoms with van der Waals surface area (Å²) in [6.45, 7) is 9.63. The van der Waals surface area contributed by atoms with E-state index in [9.17, 15) is 0 Å². The molecule has 1 N–H and O–H groups in total. The molecule has 0 radical (unpaired) electrons. The van der Waals surface area contributed by atoms with Gasteiger partial charge in [0, 0.05) is 24.8 Å². The number of anilines is 1. The molecule has 1 saturated heterocycles. The highest BCUT2D eigenvalue weighted by molar-refractivity contribution is 5.85. The van der Waals surface area contributed by atoms with Crippen LogP contribution in [0.2, 0.25) is 0 Å². The number of benzene rings is 1. The van der Waals surface area contributed by atoms with Crippen LogP contribution >= 0.6 is 12.4 Å². The standard InChI is InChI=1S/C17H28N2O.ClH/c1-3-19(4-2)16-6-5-7-17(14-16)20-13-10-15-8-11-18-12-9-15;/h5-7,14-15,18H,3-4,8-13H2,1-2H3;1H. The Morgan fingerprint density at radius 2 is 1.90 bits per heavy atom. The maximum absolute atomic E-state index is 5.94. The van der Waals surface area contributed by atoms with Gasteiger partial charge in [0.15, 0.2) is 0 Å². The van der Waals surface area contributed by atoms with Crippen molar-refractivity contribution in [1.82, 2.24) is 5.32 Å². The first-order chi connectivity index (χ1) is 9.83. The smallest absolute Gasteiger partial charge is 0.121 e. The van der Waals surface area contributed by atoms with Crippen molar-refractivity contribution in [3.05, 3.63) is 24.3 Å². The predicted molar refractivity (Wildman–Crippen MR) is 93.0 cm³/mol. The lowest BCUT2D eigenvalue weighted by molar-refractivity contribution is 0.252.